The first-order valence-electron chi connectivity index (χ1n) is 5.51. The fraction of sp³-hybridized carbons (Fsp3) is 0.455. The fourth-order valence-electron chi connectivity index (χ4n) is 1.77. The Kier molecular flexibility index (Phi) is 3.51. The molecule has 6 heteroatoms. The maximum Gasteiger partial charge on any atom is 0.220 e. The Morgan fingerprint density at radius 2 is 2.47 bits per heavy atom. The quantitative estimate of drug-likeness (QED) is 0.788. The molecule has 0 aromatic carbocycles. The van der Waals surface area contributed by atoms with E-state index in [0.29, 0.717) is 18.7 Å². The lowest BCUT2D eigenvalue weighted by molar-refractivity contribution is -0.119. The van der Waals surface area contributed by atoms with E-state index in [0.717, 1.165) is 22.3 Å². The number of hydrogen-bond acceptors (Lipinski definition) is 4. The van der Waals surface area contributed by atoms with Crippen LogP contribution < -0.4 is 16.4 Å². The van der Waals surface area contributed by atoms with E-state index in [2.05, 4.69) is 31.5 Å². The van der Waals surface area contributed by atoms with Crippen molar-refractivity contribution < 1.29 is 4.79 Å². The molecular weight excluding hydrogens is 284 g/mol. The van der Waals surface area contributed by atoms with Gasteiger partial charge in [0.25, 0.3) is 0 Å². The molecule has 1 aliphatic heterocycles. The average Bonchev–Trinajstić information content (AvgIpc) is 2.71. The molecule has 1 atom stereocenters. The summed E-state index contributed by atoms with van der Waals surface area (Å²) in [7, 11) is 0. The smallest absolute Gasteiger partial charge is 0.220 e. The molecule has 1 unspecified atom stereocenters. The molecule has 4 N–H and O–H groups in total. The van der Waals surface area contributed by atoms with Crippen LogP contribution in [0.2, 0.25) is 0 Å². The van der Waals surface area contributed by atoms with Crippen molar-refractivity contribution in [3.63, 3.8) is 0 Å². The van der Waals surface area contributed by atoms with Crippen LogP contribution in [0.3, 0.4) is 0 Å². The molecule has 1 aromatic heterocycles. The molecule has 0 saturated carbocycles. The van der Waals surface area contributed by atoms with Crippen molar-refractivity contribution in [2.75, 3.05) is 17.6 Å². The summed E-state index contributed by atoms with van der Waals surface area (Å²) in [5, 5.41) is 6.12. The van der Waals surface area contributed by atoms with Crippen LogP contribution in [0.15, 0.2) is 10.7 Å². The van der Waals surface area contributed by atoms with Crippen molar-refractivity contribution in [2.45, 2.75) is 25.8 Å². The van der Waals surface area contributed by atoms with Crippen molar-refractivity contribution in [1.82, 2.24) is 10.3 Å². The van der Waals surface area contributed by atoms with Crippen LogP contribution >= 0.6 is 15.9 Å². The highest BCUT2D eigenvalue weighted by atomic mass is 79.9. The zero-order valence-electron chi connectivity index (χ0n) is 9.59. The van der Waals surface area contributed by atoms with Gasteiger partial charge in [-0.3, -0.25) is 4.79 Å². The van der Waals surface area contributed by atoms with Crippen LogP contribution in [0.1, 0.15) is 18.4 Å². The Morgan fingerprint density at radius 1 is 1.71 bits per heavy atom. The van der Waals surface area contributed by atoms with E-state index in [1.807, 2.05) is 6.92 Å². The number of halogens is 1. The van der Waals surface area contributed by atoms with Gasteiger partial charge >= 0.3 is 0 Å². The summed E-state index contributed by atoms with van der Waals surface area (Å²) in [6, 6.07) is 0.189. The van der Waals surface area contributed by atoms with Gasteiger partial charge in [-0.25, -0.2) is 4.98 Å². The van der Waals surface area contributed by atoms with Crippen molar-refractivity contribution in [1.29, 1.82) is 0 Å². The normalized spacial score (nSPS) is 19.2. The number of hydrogen-bond donors (Lipinski definition) is 3. The number of pyridine rings is 1. The molecule has 0 spiro atoms. The topological polar surface area (TPSA) is 80.0 Å². The second kappa shape index (κ2) is 4.91. The number of amides is 1. The predicted molar refractivity (Wildman–Crippen MR) is 70.7 cm³/mol. The monoisotopic (exact) mass is 298 g/mol. The molecular formula is C11H15BrN4O. The minimum absolute atomic E-state index is 0.123. The summed E-state index contributed by atoms with van der Waals surface area (Å²) in [4.78, 5) is 15.3. The number of aromatic nitrogens is 1. The van der Waals surface area contributed by atoms with Gasteiger partial charge in [-0.1, -0.05) is 0 Å². The molecule has 1 aromatic rings. The number of nitrogens with two attached hydrogens (primary N) is 1. The van der Waals surface area contributed by atoms with Crippen molar-refractivity contribution >= 4 is 33.3 Å². The summed E-state index contributed by atoms with van der Waals surface area (Å²) in [5.41, 5.74) is 7.38. The Bertz CT molecular complexity index is 449. The Morgan fingerprint density at radius 3 is 3.12 bits per heavy atom. The van der Waals surface area contributed by atoms with Gasteiger partial charge in [-0.05, 0) is 34.8 Å². The molecule has 1 amide bonds. The maximum absolute atomic E-state index is 11.1. The lowest BCUT2D eigenvalue weighted by Gasteiger charge is -2.14. The van der Waals surface area contributed by atoms with Crippen LogP contribution in [0.25, 0.3) is 0 Å². The molecule has 0 bridgehead atoms. The van der Waals surface area contributed by atoms with Gasteiger partial charge < -0.3 is 16.4 Å². The lowest BCUT2D eigenvalue weighted by atomic mass is 10.2. The highest BCUT2D eigenvalue weighted by Crippen LogP contribution is 2.27. The van der Waals surface area contributed by atoms with E-state index in [9.17, 15) is 4.79 Å². The van der Waals surface area contributed by atoms with Crippen molar-refractivity contribution in [3.8, 4) is 0 Å². The van der Waals surface area contributed by atoms with Crippen molar-refractivity contribution in [3.05, 3.63) is 16.2 Å². The van der Waals surface area contributed by atoms with Crippen molar-refractivity contribution in [2.24, 2.45) is 0 Å². The Balaban J connectivity index is 2.00. The number of nitrogens with zero attached hydrogens (tertiary/aromatic N) is 1. The SMILES string of the molecule is Cc1c(N)cnc(NCC2CCC(=O)N2)c1Br. The number of rotatable bonds is 3. The molecule has 2 heterocycles. The number of nitrogens with one attached hydrogen (secondary N) is 2. The number of anilines is 2. The Hall–Kier alpha value is -1.30. The van der Waals surface area contributed by atoms with Gasteiger partial charge in [0, 0.05) is 19.0 Å². The van der Waals surface area contributed by atoms with Gasteiger partial charge in [0.2, 0.25) is 5.91 Å². The van der Waals surface area contributed by atoms with E-state index < -0.39 is 0 Å². The standard InChI is InChI=1S/C11H15BrN4O/c1-6-8(13)5-15-11(10(6)12)14-4-7-2-3-9(17)16-7/h5,7H,2-4,13H2,1H3,(H,14,15)(H,16,17). The summed E-state index contributed by atoms with van der Waals surface area (Å²) < 4.78 is 0.877. The molecule has 0 aliphatic carbocycles. The first-order valence-corrected chi connectivity index (χ1v) is 6.31. The molecule has 0 radical (unpaired) electrons. The third kappa shape index (κ3) is 2.69. The zero-order valence-corrected chi connectivity index (χ0v) is 11.2. The Labute approximate surface area is 108 Å². The van der Waals surface area contributed by atoms with E-state index in [1.54, 1.807) is 6.20 Å². The van der Waals surface area contributed by atoms with Crippen LogP contribution in [0.4, 0.5) is 11.5 Å². The minimum atomic E-state index is 0.123. The van der Waals surface area contributed by atoms with Gasteiger partial charge in [0.15, 0.2) is 0 Å². The molecule has 1 fully saturated rings. The number of carbonyl (C=O) groups excluding carboxylic acids is 1. The third-order valence-electron chi connectivity index (χ3n) is 2.90. The van der Waals surface area contributed by atoms with Gasteiger partial charge in [0.05, 0.1) is 16.4 Å². The first kappa shape index (κ1) is 12.2. The first-order chi connectivity index (χ1) is 8.08. The maximum atomic E-state index is 11.1. The second-order valence-corrected chi connectivity index (χ2v) is 4.98. The van der Waals surface area contributed by atoms with E-state index in [4.69, 9.17) is 5.73 Å². The fourth-order valence-corrected chi connectivity index (χ4v) is 2.24. The molecule has 2 rings (SSSR count). The third-order valence-corrected chi connectivity index (χ3v) is 3.87. The molecule has 92 valence electrons. The highest BCUT2D eigenvalue weighted by molar-refractivity contribution is 9.10. The van der Waals surface area contributed by atoms with Crippen LogP contribution in [-0.4, -0.2) is 23.5 Å². The summed E-state index contributed by atoms with van der Waals surface area (Å²) in [6.45, 7) is 2.62. The van der Waals surface area contributed by atoms with E-state index in [1.165, 1.54) is 0 Å². The predicted octanol–water partition coefficient (Wildman–Crippen LogP) is 1.43. The highest BCUT2D eigenvalue weighted by Gasteiger charge is 2.20. The zero-order chi connectivity index (χ0) is 12.4. The van der Waals surface area contributed by atoms with Gasteiger partial charge in [0.1, 0.15) is 5.82 Å². The minimum Gasteiger partial charge on any atom is -0.397 e. The van der Waals surface area contributed by atoms with Crippen LogP contribution in [-0.2, 0) is 4.79 Å². The largest absolute Gasteiger partial charge is 0.397 e. The lowest BCUT2D eigenvalue weighted by Crippen LogP contribution is -2.32. The summed E-state index contributed by atoms with van der Waals surface area (Å²) in [5.74, 6) is 0.884. The van der Waals surface area contributed by atoms with Crippen LogP contribution in [0, 0.1) is 6.92 Å². The number of carbonyl (C=O) groups is 1. The van der Waals surface area contributed by atoms with Crippen LogP contribution in [0.5, 0.6) is 0 Å². The molecule has 5 nitrogen and oxygen atoms in total. The second-order valence-electron chi connectivity index (χ2n) is 4.19. The number of nitrogen functional groups attached to an aromatic ring is 1. The summed E-state index contributed by atoms with van der Waals surface area (Å²) >= 11 is 3.46. The van der Waals surface area contributed by atoms with E-state index >= 15 is 0 Å². The molecule has 1 saturated heterocycles. The molecule has 17 heavy (non-hydrogen) atoms. The van der Waals surface area contributed by atoms with E-state index in [-0.39, 0.29) is 11.9 Å². The molecule has 1 aliphatic rings. The average molecular weight is 299 g/mol. The van der Waals surface area contributed by atoms with Gasteiger partial charge in [-0.2, -0.15) is 0 Å². The van der Waals surface area contributed by atoms with Gasteiger partial charge in [-0.15, -0.1) is 0 Å². The summed E-state index contributed by atoms with van der Waals surface area (Å²) in [6.07, 6.45) is 3.12.